The number of H-pyrrole nitrogens is 1. The Hall–Kier alpha value is -3.49. The summed E-state index contributed by atoms with van der Waals surface area (Å²) in [5.41, 5.74) is -1.07. The number of hydrogen-bond donors (Lipinski definition) is 2. The van der Waals surface area contributed by atoms with Crippen molar-refractivity contribution in [3.05, 3.63) is 47.3 Å². The van der Waals surface area contributed by atoms with E-state index >= 15 is 0 Å². The molecule has 1 aliphatic carbocycles. The van der Waals surface area contributed by atoms with Crippen LogP contribution in [0.15, 0.2) is 24.3 Å². The number of halogens is 5. The molecule has 10 nitrogen and oxygen atoms in total. The fourth-order valence-corrected chi connectivity index (χ4v) is 5.48. The average Bonchev–Trinajstić information content (AvgIpc) is 3.68. The van der Waals surface area contributed by atoms with E-state index in [1.807, 2.05) is 0 Å². The molecule has 1 aliphatic heterocycles. The number of piperidine rings is 1. The minimum atomic E-state index is -4.63. The molecule has 40 heavy (non-hydrogen) atoms. The first-order chi connectivity index (χ1) is 19.1. The maximum absolute atomic E-state index is 13.9. The van der Waals surface area contributed by atoms with Gasteiger partial charge in [-0.1, -0.05) is 30.2 Å². The molecule has 2 aliphatic rings. The summed E-state index contributed by atoms with van der Waals surface area (Å²) in [5.74, 6) is -3.21. The van der Waals surface area contributed by atoms with E-state index in [2.05, 4.69) is 36.0 Å². The fourth-order valence-electron chi connectivity index (χ4n) is 5.48. The third-order valence-corrected chi connectivity index (χ3v) is 7.41. The number of amides is 1. The minimum absolute atomic E-state index is 0.133. The summed E-state index contributed by atoms with van der Waals surface area (Å²) >= 11 is 0. The number of alkyl halides is 5. The molecule has 0 bridgehead atoms. The van der Waals surface area contributed by atoms with Crippen LogP contribution < -0.4 is 5.32 Å². The highest BCUT2D eigenvalue weighted by atomic mass is 19.4. The van der Waals surface area contributed by atoms with Gasteiger partial charge in [0.2, 0.25) is 5.82 Å². The van der Waals surface area contributed by atoms with Gasteiger partial charge in [0.1, 0.15) is 5.82 Å². The monoisotopic (exact) mass is 567 g/mol. The molecular weight excluding hydrogens is 537 g/mol. The highest BCUT2D eigenvalue weighted by molar-refractivity contribution is 5.90. The van der Waals surface area contributed by atoms with Gasteiger partial charge in [-0.25, -0.2) is 18.4 Å². The number of tetrazole rings is 1. The SMILES string of the molecule is O=C(NC(CCN1CCCC(F)(F)C1)Cc1nn[nH]n1)c1nc(C2CCCC2)n(-c2ccccc2C(F)(F)F)n1. The molecule has 3 heterocycles. The van der Waals surface area contributed by atoms with Crippen molar-refractivity contribution in [2.24, 2.45) is 0 Å². The second kappa shape index (κ2) is 11.6. The van der Waals surface area contributed by atoms with Gasteiger partial charge in [0.15, 0.2) is 5.82 Å². The Morgan fingerprint density at radius 3 is 2.65 bits per heavy atom. The van der Waals surface area contributed by atoms with Crippen molar-refractivity contribution < 1.29 is 26.7 Å². The number of carbonyl (C=O) groups excluding carboxylic acids is 1. The average molecular weight is 568 g/mol. The molecule has 5 rings (SSSR count). The quantitative estimate of drug-likeness (QED) is 0.377. The van der Waals surface area contributed by atoms with Crippen molar-refractivity contribution in [2.45, 2.75) is 75.4 Å². The molecule has 1 saturated carbocycles. The molecular formula is C25H30F5N9O. The van der Waals surface area contributed by atoms with Crippen molar-refractivity contribution >= 4 is 5.91 Å². The van der Waals surface area contributed by atoms with Crippen molar-refractivity contribution in [2.75, 3.05) is 19.6 Å². The van der Waals surface area contributed by atoms with Crippen LogP contribution in [0.2, 0.25) is 0 Å². The van der Waals surface area contributed by atoms with Crippen LogP contribution in [0.3, 0.4) is 0 Å². The zero-order valence-corrected chi connectivity index (χ0v) is 21.7. The van der Waals surface area contributed by atoms with Gasteiger partial charge in [-0.3, -0.25) is 9.69 Å². The van der Waals surface area contributed by atoms with Crippen LogP contribution in [-0.4, -0.2) is 77.8 Å². The molecule has 2 fully saturated rings. The summed E-state index contributed by atoms with van der Waals surface area (Å²) in [7, 11) is 0. The number of likely N-dealkylation sites (tertiary alicyclic amines) is 1. The van der Waals surface area contributed by atoms with Gasteiger partial charge in [-0.2, -0.15) is 18.4 Å². The van der Waals surface area contributed by atoms with Crippen LogP contribution in [0.4, 0.5) is 22.0 Å². The Kier molecular flexibility index (Phi) is 8.10. The summed E-state index contributed by atoms with van der Waals surface area (Å²) in [6, 6.07) is 4.48. The van der Waals surface area contributed by atoms with Gasteiger partial charge in [-0.15, -0.1) is 15.3 Å². The van der Waals surface area contributed by atoms with Crippen molar-refractivity contribution in [3.63, 3.8) is 0 Å². The Labute approximate surface area is 226 Å². The van der Waals surface area contributed by atoms with Crippen LogP contribution >= 0.6 is 0 Å². The summed E-state index contributed by atoms with van der Waals surface area (Å²) in [4.78, 5) is 19.4. The Balaban J connectivity index is 1.39. The maximum atomic E-state index is 13.9. The molecule has 1 amide bonds. The second-order valence-corrected chi connectivity index (χ2v) is 10.4. The van der Waals surface area contributed by atoms with E-state index in [4.69, 9.17) is 0 Å². The molecule has 3 aromatic rings. The number of aromatic nitrogens is 7. The Morgan fingerprint density at radius 2 is 1.95 bits per heavy atom. The molecule has 2 aromatic heterocycles. The maximum Gasteiger partial charge on any atom is 0.418 e. The lowest BCUT2D eigenvalue weighted by molar-refractivity contribution is -0.137. The van der Waals surface area contributed by atoms with Gasteiger partial charge in [0, 0.05) is 31.3 Å². The summed E-state index contributed by atoms with van der Waals surface area (Å²) in [6.07, 6.45) is -0.655. The lowest BCUT2D eigenvalue weighted by Gasteiger charge is -2.33. The zero-order valence-electron chi connectivity index (χ0n) is 21.7. The van der Waals surface area contributed by atoms with Gasteiger partial charge in [0.05, 0.1) is 17.8 Å². The van der Waals surface area contributed by atoms with E-state index in [9.17, 15) is 26.7 Å². The first-order valence-corrected chi connectivity index (χ1v) is 13.4. The molecule has 216 valence electrons. The second-order valence-electron chi connectivity index (χ2n) is 10.4. The third kappa shape index (κ3) is 6.62. The number of nitrogens with zero attached hydrogens (tertiary/aromatic N) is 7. The molecule has 2 N–H and O–H groups in total. The van der Waals surface area contributed by atoms with Crippen LogP contribution in [0.1, 0.15) is 78.7 Å². The molecule has 1 saturated heterocycles. The third-order valence-electron chi connectivity index (χ3n) is 7.41. The van der Waals surface area contributed by atoms with E-state index in [0.29, 0.717) is 37.6 Å². The lowest BCUT2D eigenvalue weighted by atomic mass is 10.1. The van der Waals surface area contributed by atoms with Gasteiger partial charge in [-0.05, 0) is 44.4 Å². The highest BCUT2D eigenvalue weighted by Gasteiger charge is 2.37. The highest BCUT2D eigenvalue weighted by Crippen LogP contribution is 2.38. The van der Waals surface area contributed by atoms with Gasteiger partial charge >= 0.3 is 6.18 Å². The van der Waals surface area contributed by atoms with Crippen molar-refractivity contribution in [1.29, 1.82) is 0 Å². The summed E-state index contributed by atoms with van der Waals surface area (Å²) < 4.78 is 70.4. The summed E-state index contributed by atoms with van der Waals surface area (Å²) in [5, 5.41) is 20.8. The standard InChI is InChI=1S/C25H30F5N9O/c26-24(27)11-5-12-38(15-24)13-10-17(14-20-33-36-37-34-20)31-23(40)21-32-22(16-6-1-2-7-16)39(35-21)19-9-4-3-8-18(19)25(28,29)30/h3-4,8-9,16-17H,1-2,5-7,10-15H2,(H,31,40)(H,33,34,36,37). The minimum Gasteiger partial charge on any atom is -0.346 e. The molecule has 15 heteroatoms. The van der Waals surface area contributed by atoms with Crippen LogP contribution in [0, 0.1) is 0 Å². The molecule has 0 spiro atoms. The zero-order chi connectivity index (χ0) is 28.3. The normalized spacial score (nSPS) is 19.1. The number of rotatable bonds is 9. The van der Waals surface area contributed by atoms with Crippen LogP contribution in [0.25, 0.3) is 5.69 Å². The largest absolute Gasteiger partial charge is 0.418 e. The van der Waals surface area contributed by atoms with Crippen molar-refractivity contribution in [1.82, 2.24) is 45.6 Å². The Morgan fingerprint density at radius 1 is 1.18 bits per heavy atom. The van der Waals surface area contributed by atoms with E-state index < -0.39 is 29.6 Å². The van der Waals surface area contributed by atoms with E-state index in [-0.39, 0.29) is 36.8 Å². The van der Waals surface area contributed by atoms with Gasteiger partial charge in [0.25, 0.3) is 11.8 Å². The van der Waals surface area contributed by atoms with Crippen molar-refractivity contribution in [3.8, 4) is 5.69 Å². The molecule has 1 unspecified atom stereocenters. The van der Waals surface area contributed by atoms with E-state index in [0.717, 1.165) is 36.4 Å². The number of hydrogen-bond acceptors (Lipinski definition) is 7. The Bertz CT molecular complexity index is 1290. The number of nitrogens with one attached hydrogen (secondary N) is 2. The predicted octanol–water partition coefficient (Wildman–Crippen LogP) is 3.92. The van der Waals surface area contributed by atoms with E-state index in [1.165, 1.54) is 18.2 Å². The molecule has 0 radical (unpaired) electrons. The first kappa shape index (κ1) is 28.1. The first-order valence-electron chi connectivity index (χ1n) is 13.4. The predicted molar refractivity (Wildman–Crippen MR) is 132 cm³/mol. The lowest BCUT2D eigenvalue weighted by Crippen LogP contribution is -2.45. The van der Waals surface area contributed by atoms with Crippen LogP contribution in [-0.2, 0) is 12.6 Å². The van der Waals surface area contributed by atoms with Crippen LogP contribution in [0.5, 0.6) is 0 Å². The number of aromatic amines is 1. The number of carbonyl (C=O) groups is 1. The number of para-hydroxylation sites is 1. The van der Waals surface area contributed by atoms with Gasteiger partial charge < -0.3 is 5.32 Å². The topological polar surface area (TPSA) is 118 Å². The fraction of sp³-hybridized carbons (Fsp3) is 0.600. The molecule has 1 atom stereocenters. The number of benzene rings is 1. The molecule has 1 aromatic carbocycles. The van der Waals surface area contributed by atoms with E-state index in [1.54, 1.807) is 4.90 Å². The smallest absolute Gasteiger partial charge is 0.346 e. The summed E-state index contributed by atoms with van der Waals surface area (Å²) in [6.45, 7) is 0.464.